The number of nitrogens with two attached hydrogens (primary N) is 2. The zero-order valence-electron chi connectivity index (χ0n) is 9.88. The van der Waals surface area contributed by atoms with Crippen LogP contribution in [0.5, 0.6) is 0 Å². The minimum atomic E-state index is -0.568. The van der Waals surface area contributed by atoms with Crippen molar-refractivity contribution in [1.29, 1.82) is 0 Å². The molecule has 2 rings (SSSR count). The molecule has 0 saturated carbocycles. The van der Waals surface area contributed by atoms with Gasteiger partial charge in [0, 0.05) is 0 Å². The van der Waals surface area contributed by atoms with Crippen LogP contribution in [-0.2, 0) is 0 Å². The van der Waals surface area contributed by atoms with Gasteiger partial charge in [0.05, 0.1) is 11.7 Å². The van der Waals surface area contributed by atoms with E-state index in [1.54, 1.807) is 17.4 Å². The molecule has 1 unspecified atom stereocenters. The van der Waals surface area contributed by atoms with E-state index in [0.717, 1.165) is 5.56 Å². The number of nitrogen functional groups attached to an aromatic ring is 1. The average molecular weight is 262 g/mol. The number of nitrogens with zero attached hydrogens (tertiary/aromatic N) is 1. The molecule has 0 aliphatic carbocycles. The summed E-state index contributed by atoms with van der Waals surface area (Å²) in [6, 6.07) is 5.22. The van der Waals surface area contributed by atoms with Crippen molar-refractivity contribution in [2.75, 3.05) is 11.1 Å². The van der Waals surface area contributed by atoms with Crippen molar-refractivity contribution in [3.8, 4) is 0 Å². The van der Waals surface area contributed by atoms with Crippen LogP contribution in [0.4, 0.5) is 11.5 Å². The lowest BCUT2D eigenvalue weighted by atomic mass is 10.2. The molecule has 0 aromatic carbocycles. The van der Waals surface area contributed by atoms with E-state index >= 15 is 0 Å². The molecule has 0 aliphatic heterocycles. The molecule has 0 bridgehead atoms. The number of primary amides is 1. The Morgan fingerprint density at radius 2 is 2.22 bits per heavy atom. The summed E-state index contributed by atoms with van der Waals surface area (Å²) in [7, 11) is 0. The number of nitrogens with one attached hydrogen (secondary N) is 1. The molecule has 0 fully saturated rings. The lowest BCUT2D eigenvalue weighted by Crippen LogP contribution is -2.16. The van der Waals surface area contributed by atoms with Crippen LogP contribution in [0.3, 0.4) is 0 Å². The second-order valence-corrected chi connectivity index (χ2v) is 4.70. The number of thiophene rings is 1. The van der Waals surface area contributed by atoms with Crippen molar-refractivity contribution in [3.63, 3.8) is 0 Å². The van der Waals surface area contributed by atoms with E-state index in [9.17, 15) is 4.79 Å². The summed E-state index contributed by atoms with van der Waals surface area (Å²) >= 11 is 1.62. The fraction of sp³-hybridized carbons (Fsp3) is 0.167. The summed E-state index contributed by atoms with van der Waals surface area (Å²) in [6.45, 7) is 2.00. The minimum Gasteiger partial charge on any atom is -0.396 e. The molecule has 2 heterocycles. The predicted molar refractivity (Wildman–Crippen MR) is 73.5 cm³/mol. The van der Waals surface area contributed by atoms with Gasteiger partial charge in [0.1, 0.15) is 5.69 Å². The Morgan fingerprint density at radius 3 is 2.83 bits per heavy atom. The summed E-state index contributed by atoms with van der Waals surface area (Å²) in [5, 5.41) is 7.22. The maximum Gasteiger partial charge on any atom is 0.267 e. The van der Waals surface area contributed by atoms with E-state index in [4.69, 9.17) is 11.5 Å². The van der Waals surface area contributed by atoms with Gasteiger partial charge in [0.25, 0.3) is 5.91 Å². The van der Waals surface area contributed by atoms with Gasteiger partial charge in [-0.3, -0.25) is 4.79 Å². The second-order valence-electron chi connectivity index (χ2n) is 3.92. The zero-order chi connectivity index (χ0) is 13.1. The number of pyridine rings is 1. The fourth-order valence-corrected chi connectivity index (χ4v) is 2.29. The molecule has 0 radical (unpaired) electrons. The zero-order valence-corrected chi connectivity index (χ0v) is 10.7. The van der Waals surface area contributed by atoms with Crippen molar-refractivity contribution in [2.45, 2.75) is 13.0 Å². The Bertz CT molecular complexity index is 553. The quantitative estimate of drug-likeness (QED) is 0.785. The summed E-state index contributed by atoms with van der Waals surface area (Å²) in [4.78, 5) is 15.2. The molecule has 1 atom stereocenters. The van der Waals surface area contributed by atoms with Crippen molar-refractivity contribution in [3.05, 3.63) is 40.2 Å². The van der Waals surface area contributed by atoms with Crippen LogP contribution in [0.25, 0.3) is 0 Å². The Kier molecular flexibility index (Phi) is 3.47. The largest absolute Gasteiger partial charge is 0.396 e. The average Bonchev–Trinajstić information content (AvgIpc) is 2.85. The van der Waals surface area contributed by atoms with Crippen LogP contribution in [0.1, 0.15) is 29.0 Å². The Hall–Kier alpha value is -2.08. The number of anilines is 2. The molecule has 5 nitrogen and oxygen atoms in total. The molecular formula is C12H14N4OS. The van der Waals surface area contributed by atoms with E-state index in [1.807, 2.05) is 23.8 Å². The first-order valence-corrected chi connectivity index (χ1v) is 6.37. The highest BCUT2D eigenvalue weighted by atomic mass is 32.1. The third-order valence-electron chi connectivity index (χ3n) is 2.58. The second kappa shape index (κ2) is 5.05. The van der Waals surface area contributed by atoms with E-state index < -0.39 is 5.91 Å². The number of carbonyl (C=O) groups is 1. The molecule has 0 spiro atoms. The van der Waals surface area contributed by atoms with Crippen molar-refractivity contribution >= 4 is 28.7 Å². The van der Waals surface area contributed by atoms with Gasteiger partial charge in [-0.15, -0.1) is 0 Å². The van der Waals surface area contributed by atoms with E-state index in [-0.39, 0.29) is 11.7 Å². The lowest BCUT2D eigenvalue weighted by Gasteiger charge is -2.15. The number of aromatic nitrogens is 1. The van der Waals surface area contributed by atoms with E-state index in [2.05, 4.69) is 10.3 Å². The van der Waals surface area contributed by atoms with Gasteiger partial charge in [0.2, 0.25) is 0 Å². The Labute approximate surface area is 109 Å². The predicted octanol–water partition coefficient (Wildman–Crippen LogP) is 2.00. The molecule has 1 amide bonds. The van der Waals surface area contributed by atoms with Crippen molar-refractivity contribution in [1.82, 2.24) is 4.98 Å². The summed E-state index contributed by atoms with van der Waals surface area (Å²) in [5.41, 5.74) is 12.8. The first-order valence-electron chi connectivity index (χ1n) is 5.43. The van der Waals surface area contributed by atoms with Gasteiger partial charge < -0.3 is 16.8 Å². The van der Waals surface area contributed by atoms with Crippen LogP contribution < -0.4 is 16.8 Å². The highest BCUT2D eigenvalue weighted by Gasteiger charge is 2.11. The van der Waals surface area contributed by atoms with Gasteiger partial charge >= 0.3 is 0 Å². The van der Waals surface area contributed by atoms with Crippen LogP contribution in [0, 0.1) is 0 Å². The normalized spacial score (nSPS) is 12.1. The number of hydrogen-bond donors (Lipinski definition) is 3. The summed E-state index contributed by atoms with van der Waals surface area (Å²) < 4.78 is 0. The lowest BCUT2D eigenvalue weighted by molar-refractivity contribution is 0.0995. The Morgan fingerprint density at radius 1 is 1.44 bits per heavy atom. The van der Waals surface area contributed by atoms with Gasteiger partial charge in [-0.05, 0) is 41.4 Å². The Balaban J connectivity index is 2.23. The third-order valence-corrected chi connectivity index (χ3v) is 3.28. The highest BCUT2D eigenvalue weighted by molar-refractivity contribution is 7.07. The molecule has 5 N–H and O–H groups in total. The first kappa shape index (κ1) is 12.4. The van der Waals surface area contributed by atoms with Crippen LogP contribution in [-0.4, -0.2) is 10.9 Å². The topological polar surface area (TPSA) is 94.0 Å². The number of amides is 1. The molecule has 0 saturated heterocycles. The molecule has 0 aliphatic rings. The molecule has 2 aromatic rings. The standard InChI is InChI=1S/C12H14N4OS/c1-7(8-4-5-18-6-8)15-12-9(13)2-3-10(16-12)11(14)17/h2-7H,13H2,1H3,(H2,14,17)(H,15,16). The number of hydrogen-bond acceptors (Lipinski definition) is 5. The van der Waals surface area contributed by atoms with Gasteiger partial charge in [-0.25, -0.2) is 4.98 Å². The maximum atomic E-state index is 11.1. The van der Waals surface area contributed by atoms with Crippen molar-refractivity contribution in [2.24, 2.45) is 5.73 Å². The van der Waals surface area contributed by atoms with E-state index in [0.29, 0.717) is 11.5 Å². The summed E-state index contributed by atoms with van der Waals surface area (Å²) in [6.07, 6.45) is 0. The van der Waals surface area contributed by atoms with Crippen LogP contribution in [0.2, 0.25) is 0 Å². The molecule has 18 heavy (non-hydrogen) atoms. The van der Waals surface area contributed by atoms with Gasteiger partial charge in [0.15, 0.2) is 5.82 Å². The molecule has 2 aromatic heterocycles. The molecule has 6 heteroatoms. The SMILES string of the molecule is CC(Nc1nc(C(N)=O)ccc1N)c1ccsc1. The van der Waals surface area contributed by atoms with Gasteiger partial charge in [-0.2, -0.15) is 11.3 Å². The first-order chi connectivity index (χ1) is 8.58. The van der Waals surface area contributed by atoms with Crippen molar-refractivity contribution < 1.29 is 4.79 Å². The third kappa shape index (κ3) is 2.60. The smallest absolute Gasteiger partial charge is 0.267 e. The highest BCUT2D eigenvalue weighted by Crippen LogP contribution is 2.23. The van der Waals surface area contributed by atoms with Crippen LogP contribution in [0.15, 0.2) is 29.0 Å². The van der Waals surface area contributed by atoms with Gasteiger partial charge in [-0.1, -0.05) is 0 Å². The van der Waals surface area contributed by atoms with E-state index in [1.165, 1.54) is 6.07 Å². The number of rotatable bonds is 4. The van der Waals surface area contributed by atoms with Crippen LogP contribution >= 0.6 is 11.3 Å². The fourth-order valence-electron chi connectivity index (χ4n) is 1.53. The molecule has 94 valence electrons. The molecular weight excluding hydrogens is 248 g/mol. The number of carbonyl (C=O) groups excluding carboxylic acids is 1. The maximum absolute atomic E-state index is 11.1. The monoisotopic (exact) mass is 262 g/mol. The minimum absolute atomic E-state index is 0.0641. The summed E-state index contributed by atoms with van der Waals surface area (Å²) in [5.74, 6) is -0.0914.